The Morgan fingerprint density at radius 3 is 2.54 bits per heavy atom. The van der Waals surface area contributed by atoms with Crippen LogP contribution in [-0.4, -0.2) is 75.7 Å². The van der Waals surface area contributed by atoms with Crippen LogP contribution in [0.2, 0.25) is 0 Å². The number of ether oxygens (including phenoxy) is 1. The van der Waals surface area contributed by atoms with Crippen LogP contribution in [0.15, 0.2) is 0 Å². The van der Waals surface area contributed by atoms with Gasteiger partial charge in [-0.25, -0.2) is 0 Å². The summed E-state index contributed by atoms with van der Waals surface area (Å²) >= 11 is 0. The van der Waals surface area contributed by atoms with Crippen LogP contribution < -0.4 is 16.0 Å². The molecular formula is C15H30Cl2N4O3. The highest BCUT2D eigenvalue weighted by atomic mass is 35.5. The maximum atomic E-state index is 11.7. The normalized spacial score (nSPS) is 20.6. The molecule has 7 nitrogen and oxygen atoms in total. The number of hydrogen-bond acceptors (Lipinski definition) is 5. The van der Waals surface area contributed by atoms with Crippen molar-refractivity contribution in [2.24, 2.45) is 5.92 Å². The molecule has 1 unspecified atom stereocenters. The summed E-state index contributed by atoms with van der Waals surface area (Å²) in [6, 6.07) is 0. The number of nitrogens with one attached hydrogen (secondary N) is 3. The SMILES string of the molecule is Cl.Cl.O=C(CCC1CCNC1)NCC(=O)NCCN1CCOCC1. The number of rotatable bonds is 8. The lowest BCUT2D eigenvalue weighted by molar-refractivity contribution is -0.126. The minimum Gasteiger partial charge on any atom is -0.379 e. The average Bonchev–Trinajstić information content (AvgIpc) is 3.05. The predicted octanol–water partition coefficient (Wildman–Crippen LogP) is -0.216. The van der Waals surface area contributed by atoms with E-state index in [4.69, 9.17) is 4.74 Å². The van der Waals surface area contributed by atoms with Crippen LogP contribution >= 0.6 is 24.8 Å². The molecular weight excluding hydrogens is 355 g/mol. The first-order valence-corrected chi connectivity index (χ1v) is 8.28. The van der Waals surface area contributed by atoms with Gasteiger partial charge in [0.05, 0.1) is 19.8 Å². The van der Waals surface area contributed by atoms with E-state index in [9.17, 15) is 9.59 Å². The third-order valence-electron chi connectivity index (χ3n) is 4.24. The van der Waals surface area contributed by atoms with Gasteiger partial charge in [0.25, 0.3) is 0 Å². The van der Waals surface area contributed by atoms with Gasteiger partial charge < -0.3 is 20.7 Å². The Morgan fingerprint density at radius 2 is 1.88 bits per heavy atom. The molecule has 0 radical (unpaired) electrons. The first kappa shape index (κ1) is 23.4. The van der Waals surface area contributed by atoms with Crippen LogP contribution in [0.3, 0.4) is 0 Å². The molecule has 0 saturated carbocycles. The van der Waals surface area contributed by atoms with E-state index in [0.29, 0.717) is 18.9 Å². The molecule has 2 aliphatic heterocycles. The molecule has 3 N–H and O–H groups in total. The third-order valence-corrected chi connectivity index (χ3v) is 4.24. The van der Waals surface area contributed by atoms with Crippen molar-refractivity contribution < 1.29 is 14.3 Å². The fourth-order valence-electron chi connectivity index (χ4n) is 2.80. The lowest BCUT2D eigenvalue weighted by Crippen LogP contribution is -2.43. The number of halogens is 2. The summed E-state index contributed by atoms with van der Waals surface area (Å²) in [5, 5.41) is 8.82. The number of amides is 2. The van der Waals surface area contributed by atoms with Crippen LogP contribution in [0.5, 0.6) is 0 Å². The Balaban J connectivity index is 0.00000264. The Labute approximate surface area is 156 Å². The quantitative estimate of drug-likeness (QED) is 0.539. The summed E-state index contributed by atoms with van der Waals surface area (Å²) in [5.41, 5.74) is 0. The predicted molar refractivity (Wildman–Crippen MR) is 98.0 cm³/mol. The van der Waals surface area contributed by atoms with Crippen LogP contribution in [0.4, 0.5) is 0 Å². The first-order valence-electron chi connectivity index (χ1n) is 8.28. The molecule has 0 aromatic heterocycles. The summed E-state index contributed by atoms with van der Waals surface area (Å²) in [7, 11) is 0. The number of morpholine rings is 1. The van der Waals surface area contributed by atoms with Gasteiger partial charge in [0, 0.05) is 32.6 Å². The van der Waals surface area contributed by atoms with Gasteiger partial charge in [-0.05, 0) is 31.8 Å². The molecule has 0 aromatic carbocycles. The molecule has 2 rings (SSSR count). The van der Waals surface area contributed by atoms with Gasteiger partial charge in [0.1, 0.15) is 0 Å². The van der Waals surface area contributed by atoms with Crippen molar-refractivity contribution in [3.63, 3.8) is 0 Å². The fraction of sp³-hybridized carbons (Fsp3) is 0.867. The van der Waals surface area contributed by atoms with Crippen LogP contribution in [0.25, 0.3) is 0 Å². The summed E-state index contributed by atoms with van der Waals surface area (Å²) < 4.78 is 5.27. The van der Waals surface area contributed by atoms with Crippen molar-refractivity contribution in [2.45, 2.75) is 19.3 Å². The maximum Gasteiger partial charge on any atom is 0.239 e. The van der Waals surface area contributed by atoms with E-state index in [2.05, 4.69) is 20.9 Å². The number of carbonyl (C=O) groups is 2. The highest BCUT2D eigenvalue weighted by Gasteiger charge is 2.16. The lowest BCUT2D eigenvalue weighted by atomic mass is 10.0. The highest BCUT2D eigenvalue weighted by molar-refractivity contribution is 5.85. The molecule has 2 fully saturated rings. The Kier molecular flexibility index (Phi) is 13.3. The van der Waals surface area contributed by atoms with Crippen molar-refractivity contribution in [3.05, 3.63) is 0 Å². The van der Waals surface area contributed by atoms with Gasteiger partial charge in [-0.3, -0.25) is 14.5 Å². The van der Waals surface area contributed by atoms with Crippen molar-refractivity contribution in [2.75, 3.05) is 59.0 Å². The van der Waals surface area contributed by atoms with E-state index < -0.39 is 0 Å². The molecule has 9 heteroatoms. The van der Waals surface area contributed by atoms with E-state index in [1.165, 1.54) is 0 Å². The summed E-state index contributed by atoms with van der Waals surface area (Å²) in [6.45, 7) is 6.95. The summed E-state index contributed by atoms with van der Waals surface area (Å²) in [5.74, 6) is 0.451. The lowest BCUT2D eigenvalue weighted by Gasteiger charge is -2.26. The molecule has 0 bridgehead atoms. The maximum absolute atomic E-state index is 11.7. The molecule has 24 heavy (non-hydrogen) atoms. The van der Waals surface area contributed by atoms with Crippen molar-refractivity contribution in [1.29, 1.82) is 0 Å². The molecule has 2 saturated heterocycles. The topological polar surface area (TPSA) is 82.7 Å². The monoisotopic (exact) mass is 384 g/mol. The van der Waals surface area contributed by atoms with E-state index in [1.54, 1.807) is 0 Å². The molecule has 2 amide bonds. The van der Waals surface area contributed by atoms with E-state index in [-0.39, 0.29) is 43.2 Å². The van der Waals surface area contributed by atoms with Crippen LogP contribution in [-0.2, 0) is 14.3 Å². The molecule has 142 valence electrons. The van der Waals surface area contributed by atoms with Gasteiger partial charge >= 0.3 is 0 Å². The number of hydrogen-bond donors (Lipinski definition) is 3. The molecule has 2 heterocycles. The average molecular weight is 385 g/mol. The standard InChI is InChI=1S/C15H28N4O3.2ClH/c20-14(2-1-13-3-4-16-11-13)18-12-15(21)17-5-6-19-7-9-22-10-8-19;;/h13,16H,1-12H2,(H,17,21)(H,18,20);2*1H. The number of nitrogens with zero attached hydrogens (tertiary/aromatic N) is 1. The Morgan fingerprint density at radius 1 is 1.12 bits per heavy atom. The van der Waals surface area contributed by atoms with Gasteiger partial charge in [0.2, 0.25) is 11.8 Å². The molecule has 0 spiro atoms. The van der Waals surface area contributed by atoms with Crippen LogP contribution in [0, 0.1) is 5.92 Å². The second-order valence-electron chi connectivity index (χ2n) is 5.98. The van der Waals surface area contributed by atoms with Gasteiger partial charge in [-0.15, -0.1) is 24.8 Å². The smallest absolute Gasteiger partial charge is 0.239 e. The van der Waals surface area contributed by atoms with E-state index in [1.807, 2.05) is 0 Å². The second kappa shape index (κ2) is 13.7. The molecule has 0 aromatic rings. The van der Waals surface area contributed by atoms with Crippen molar-refractivity contribution in [1.82, 2.24) is 20.9 Å². The summed E-state index contributed by atoms with van der Waals surface area (Å²) in [4.78, 5) is 25.6. The minimum absolute atomic E-state index is 0. The second-order valence-corrected chi connectivity index (χ2v) is 5.98. The first-order chi connectivity index (χ1) is 10.7. The van der Waals surface area contributed by atoms with Gasteiger partial charge in [-0.2, -0.15) is 0 Å². The van der Waals surface area contributed by atoms with Crippen molar-refractivity contribution >= 4 is 36.6 Å². The highest BCUT2D eigenvalue weighted by Crippen LogP contribution is 2.13. The Bertz CT molecular complexity index is 363. The van der Waals surface area contributed by atoms with E-state index in [0.717, 1.165) is 58.8 Å². The fourth-order valence-corrected chi connectivity index (χ4v) is 2.80. The van der Waals surface area contributed by atoms with Gasteiger partial charge in [-0.1, -0.05) is 0 Å². The van der Waals surface area contributed by atoms with Crippen LogP contribution in [0.1, 0.15) is 19.3 Å². The zero-order chi connectivity index (χ0) is 15.6. The van der Waals surface area contributed by atoms with Gasteiger partial charge in [0.15, 0.2) is 0 Å². The molecule has 2 aliphatic rings. The molecule has 0 aliphatic carbocycles. The van der Waals surface area contributed by atoms with Crippen molar-refractivity contribution in [3.8, 4) is 0 Å². The van der Waals surface area contributed by atoms with E-state index >= 15 is 0 Å². The zero-order valence-electron chi connectivity index (χ0n) is 14.1. The summed E-state index contributed by atoms with van der Waals surface area (Å²) in [6.07, 6.45) is 2.56. The third kappa shape index (κ3) is 9.64. The largest absolute Gasteiger partial charge is 0.379 e. The Hall–Kier alpha value is -0.600. The zero-order valence-corrected chi connectivity index (χ0v) is 15.7. The minimum atomic E-state index is -0.121. The molecule has 1 atom stereocenters. The number of carbonyl (C=O) groups excluding carboxylic acids is 2.